The molecule has 0 N–H and O–H groups in total. The molecule has 2 aromatic carbocycles. The SMILES string of the molecule is C#Cc1cccc(N(Cc2ccccc2)C(=O)Cc2ccc(Cl)nc2)c1. The van der Waals surface area contributed by atoms with Crippen LogP contribution in [-0.4, -0.2) is 10.9 Å². The molecular formula is C22H17ClN2O. The Balaban J connectivity index is 1.89. The van der Waals surface area contributed by atoms with Gasteiger partial charge in [-0.3, -0.25) is 4.79 Å². The lowest BCUT2D eigenvalue weighted by molar-refractivity contribution is -0.118. The van der Waals surface area contributed by atoms with Gasteiger partial charge in [-0.15, -0.1) is 6.42 Å². The lowest BCUT2D eigenvalue weighted by Crippen LogP contribution is -2.31. The Hall–Kier alpha value is -3.09. The van der Waals surface area contributed by atoms with Crippen molar-refractivity contribution in [3.05, 3.63) is 94.8 Å². The number of rotatable bonds is 5. The summed E-state index contributed by atoms with van der Waals surface area (Å²) in [5.41, 5.74) is 3.37. The predicted octanol–water partition coefficient (Wildman–Crippen LogP) is 4.49. The van der Waals surface area contributed by atoms with Crippen LogP contribution < -0.4 is 4.90 Å². The molecule has 1 aromatic heterocycles. The number of carbonyl (C=O) groups is 1. The molecule has 128 valence electrons. The van der Waals surface area contributed by atoms with E-state index in [0.29, 0.717) is 11.7 Å². The number of amides is 1. The van der Waals surface area contributed by atoms with Gasteiger partial charge in [-0.2, -0.15) is 0 Å². The lowest BCUT2D eigenvalue weighted by Gasteiger charge is -2.23. The van der Waals surface area contributed by atoms with Crippen LogP contribution in [0.25, 0.3) is 0 Å². The van der Waals surface area contributed by atoms with Gasteiger partial charge in [0.05, 0.1) is 13.0 Å². The highest BCUT2D eigenvalue weighted by Gasteiger charge is 2.17. The summed E-state index contributed by atoms with van der Waals surface area (Å²) in [5, 5.41) is 0.407. The van der Waals surface area contributed by atoms with Crippen LogP contribution in [0.1, 0.15) is 16.7 Å². The standard InChI is InChI=1S/C22H17ClN2O/c1-2-17-9-6-10-20(13-17)25(16-18-7-4-3-5-8-18)22(26)14-19-11-12-21(23)24-15-19/h1,3-13,15H,14,16H2. The summed E-state index contributed by atoms with van der Waals surface area (Å²) in [6.45, 7) is 0.467. The van der Waals surface area contributed by atoms with Gasteiger partial charge in [0.1, 0.15) is 5.15 Å². The number of pyridine rings is 1. The highest BCUT2D eigenvalue weighted by molar-refractivity contribution is 6.29. The Morgan fingerprint density at radius 3 is 2.54 bits per heavy atom. The molecule has 3 rings (SSSR count). The molecular weight excluding hydrogens is 344 g/mol. The second kappa shape index (κ2) is 8.33. The Kier molecular flexibility index (Phi) is 5.68. The molecule has 0 spiro atoms. The van der Waals surface area contributed by atoms with E-state index in [9.17, 15) is 4.79 Å². The number of hydrogen-bond donors (Lipinski definition) is 0. The average Bonchev–Trinajstić information content (AvgIpc) is 2.68. The average molecular weight is 361 g/mol. The first-order valence-electron chi connectivity index (χ1n) is 8.17. The van der Waals surface area contributed by atoms with Crippen LogP contribution in [0.2, 0.25) is 5.15 Å². The molecule has 0 aliphatic heterocycles. The third kappa shape index (κ3) is 4.50. The minimum Gasteiger partial charge on any atom is -0.308 e. The van der Waals surface area contributed by atoms with E-state index in [1.54, 1.807) is 17.2 Å². The molecule has 3 aromatic rings. The largest absolute Gasteiger partial charge is 0.308 e. The van der Waals surface area contributed by atoms with E-state index in [4.69, 9.17) is 18.0 Å². The summed E-state index contributed by atoms with van der Waals surface area (Å²) in [4.78, 5) is 18.8. The van der Waals surface area contributed by atoms with Gasteiger partial charge in [0.25, 0.3) is 0 Å². The summed E-state index contributed by atoms with van der Waals surface area (Å²) >= 11 is 5.82. The number of benzene rings is 2. The third-order valence-electron chi connectivity index (χ3n) is 3.95. The monoisotopic (exact) mass is 360 g/mol. The van der Waals surface area contributed by atoms with Crippen molar-refractivity contribution < 1.29 is 4.79 Å². The van der Waals surface area contributed by atoms with E-state index in [1.807, 2.05) is 60.7 Å². The van der Waals surface area contributed by atoms with Crippen molar-refractivity contribution in [1.82, 2.24) is 4.98 Å². The first-order chi connectivity index (χ1) is 12.7. The summed E-state index contributed by atoms with van der Waals surface area (Å²) in [7, 11) is 0. The van der Waals surface area contributed by atoms with Gasteiger partial charge >= 0.3 is 0 Å². The molecule has 1 amide bonds. The van der Waals surface area contributed by atoms with Crippen LogP contribution in [0.3, 0.4) is 0 Å². The molecule has 0 saturated carbocycles. The van der Waals surface area contributed by atoms with Gasteiger partial charge in [-0.25, -0.2) is 4.98 Å². The quantitative estimate of drug-likeness (QED) is 0.496. The number of nitrogens with zero attached hydrogens (tertiary/aromatic N) is 2. The summed E-state index contributed by atoms with van der Waals surface area (Å²) in [5.74, 6) is 2.58. The van der Waals surface area contributed by atoms with Gasteiger partial charge in [-0.1, -0.05) is 60.0 Å². The van der Waals surface area contributed by atoms with Crippen LogP contribution in [0, 0.1) is 12.3 Å². The molecule has 0 unspecified atom stereocenters. The van der Waals surface area contributed by atoms with E-state index >= 15 is 0 Å². The van der Waals surface area contributed by atoms with Crippen LogP contribution in [-0.2, 0) is 17.8 Å². The van der Waals surface area contributed by atoms with Gasteiger partial charge in [0, 0.05) is 17.4 Å². The smallest absolute Gasteiger partial charge is 0.231 e. The van der Waals surface area contributed by atoms with Crippen molar-refractivity contribution in [3.63, 3.8) is 0 Å². The first-order valence-corrected chi connectivity index (χ1v) is 8.55. The van der Waals surface area contributed by atoms with Crippen molar-refractivity contribution >= 4 is 23.2 Å². The number of terminal acetylenes is 1. The second-order valence-electron chi connectivity index (χ2n) is 5.83. The van der Waals surface area contributed by atoms with E-state index in [1.165, 1.54) is 0 Å². The maximum absolute atomic E-state index is 13.0. The zero-order valence-corrected chi connectivity index (χ0v) is 14.9. The van der Waals surface area contributed by atoms with E-state index in [-0.39, 0.29) is 12.3 Å². The summed E-state index contributed by atoms with van der Waals surface area (Å²) in [6.07, 6.45) is 7.37. The van der Waals surface area contributed by atoms with Gasteiger partial charge < -0.3 is 4.90 Å². The topological polar surface area (TPSA) is 33.2 Å². The number of aromatic nitrogens is 1. The van der Waals surface area contributed by atoms with Gasteiger partial charge in [0.2, 0.25) is 5.91 Å². The predicted molar refractivity (Wildman–Crippen MR) is 105 cm³/mol. The molecule has 0 aliphatic rings. The third-order valence-corrected chi connectivity index (χ3v) is 4.18. The zero-order chi connectivity index (χ0) is 18.4. The molecule has 0 bridgehead atoms. The molecule has 1 heterocycles. The number of halogens is 1. The number of carbonyl (C=O) groups excluding carboxylic acids is 1. The van der Waals surface area contributed by atoms with Crippen LogP contribution in [0.5, 0.6) is 0 Å². The van der Waals surface area contributed by atoms with Crippen molar-refractivity contribution in [1.29, 1.82) is 0 Å². The molecule has 0 atom stereocenters. The Morgan fingerprint density at radius 1 is 1.04 bits per heavy atom. The minimum atomic E-state index is -0.0350. The fourth-order valence-electron chi connectivity index (χ4n) is 2.63. The van der Waals surface area contributed by atoms with E-state index < -0.39 is 0 Å². The molecule has 0 radical (unpaired) electrons. The fraction of sp³-hybridized carbons (Fsp3) is 0.0909. The molecule has 26 heavy (non-hydrogen) atoms. The first kappa shape index (κ1) is 17.7. The van der Waals surface area contributed by atoms with Crippen molar-refractivity contribution in [2.45, 2.75) is 13.0 Å². The molecule has 0 fully saturated rings. The van der Waals surface area contributed by atoms with Crippen LogP contribution in [0.15, 0.2) is 72.9 Å². The van der Waals surface area contributed by atoms with E-state index in [2.05, 4.69) is 10.9 Å². The number of anilines is 1. The highest BCUT2D eigenvalue weighted by atomic mass is 35.5. The second-order valence-corrected chi connectivity index (χ2v) is 6.21. The van der Waals surface area contributed by atoms with E-state index in [0.717, 1.165) is 22.4 Å². The van der Waals surface area contributed by atoms with Gasteiger partial charge in [0.15, 0.2) is 0 Å². The summed E-state index contributed by atoms with van der Waals surface area (Å²) < 4.78 is 0. The summed E-state index contributed by atoms with van der Waals surface area (Å²) in [6, 6.07) is 20.8. The van der Waals surface area contributed by atoms with Crippen LogP contribution >= 0.6 is 11.6 Å². The van der Waals surface area contributed by atoms with Crippen molar-refractivity contribution in [2.75, 3.05) is 4.90 Å². The highest BCUT2D eigenvalue weighted by Crippen LogP contribution is 2.20. The Bertz CT molecular complexity index is 930. The molecule has 3 nitrogen and oxygen atoms in total. The molecule has 0 saturated heterocycles. The van der Waals surface area contributed by atoms with Gasteiger partial charge in [-0.05, 0) is 35.4 Å². The Labute approximate surface area is 158 Å². The van der Waals surface area contributed by atoms with Crippen molar-refractivity contribution in [3.8, 4) is 12.3 Å². The lowest BCUT2D eigenvalue weighted by atomic mass is 10.1. The minimum absolute atomic E-state index is 0.0350. The fourth-order valence-corrected chi connectivity index (χ4v) is 2.75. The molecule has 4 heteroatoms. The maximum Gasteiger partial charge on any atom is 0.231 e. The normalized spacial score (nSPS) is 10.2. The number of hydrogen-bond acceptors (Lipinski definition) is 2. The maximum atomic E-state index is 13.0. The van der Waals surface area contributed by atoms with Crippen molar-refractivity contribution in [2.24, 2.45) is 0 Å². The zero-order valence-electron chi connectivity index (χ0n) is 14.1. The molecule has 0 aliphatic carbocycles. The Morgan fingerprint density at radius 2 is 1.85 bits per heavy atom. The van der Waals surface area contributed by atoms with Crippen LogP contribution in [0.4, 0.5) is 5.69 Å².